The predicted molar refractivity (Wildman–Crippen MR) is 75.5 cm³/mol. The summed E-state index contributed by atoms with van der Waals surface area (Å²) in [7, 11) is 0. The molecule has 1 aromatic carbocycles. The zero-order valence-corrected chi connectivity index (χ0v) is 11.1. The lowest BCUT2D eigenvalue weighted by Gasteiger charge is -2.00. The number of carbonyl (C=O) groups is 1. The van der Waals surface area contributed by atoms with Crippen molar-refractivity contribution in [2.24, 2.45) is 0 Å². The lowest BCUT2D eigenvalue weighted by molar-refractivity contribution is 0.104. The molecule has 6 nitrogen and oxygen atoms in total. The maximum absolute atomic E-state index is 12.5. The molecule has 4 rings (SSSR count). The van der Waals surface area contributed by atoms with Gasteiger partial charge < -0.3 is 0 Å². The number of benzene rings is 1. The van der Waals surface area contributed by atoms with E-state index in [9.17, 15) is 9.59 Å². The summed E-state index contributed by atoms with van der Waals surface area (Å²) in [6.45, 7) is 0. The van der Waals surface area contributed by atoms with Crippen molar-refractivity contribution < 1.29 is 4.79 Å². The van der Waals surface area contributed by atoms with E-state index < -0.39 is 5.69 Å². The largest absolute Gasteiger partial charge is 0.370 e. The Morgan fingerprint density at radius 2 is 1.95 bits per heavy atom. The zero-order chi connectivity index (χ0) is 14.4. The summed E-state index contributed by atoms with van der Waals surface area (Å²) in [6.07, 6.45) is 3.52. The number of fused-ring (bicyclic) bond motifs is 1. The summed E-state index contributed by atoms with van der Waals surface area (Å²) < 4.78 is 1.21. The van der Waals surface area contributed by atoms with E-state index in [1.54, 1.807) is 24.3 Å². The molecule has 1 fully saturated rings. The summed E-state index contributed by atoms with van der Waals surface area (Å²) in [5.41, 5.74) is 0.889. The second-order valence-corrected chi connectivity index (χ2v) is 5.18. The minimum absolute atomic E-state index is 0.158. The summed E-state index contributed by atoms with van der Waals surface area (Å²) in [5.74, 6) is 0.646. The van der Waals surface area contributed by atoms with Crippen LogP contribution in [0.3, 0.4) is 0 Å². The molecule has 0 atom stereocenters. The number of nitrogens with zero attached hydrogens (tertiary/aromatic N) is 3. The molecule has 21 heavy (non-hydrogen) atoms. The van der Waals surface area contributed by atoms with Gasteiger partial charge in [0.1, 0.15) is 5.82 Å². The fraction of sp³-hybridized carbons (Fsp3) is 0.200. The van der Waals surface area contributed by atoms with Crippen LogP contribution in [-0.4, -0.2) is 25.4 Å². The van der Waals surface area contributed by atoms with Gasteiger partial charge in [-0.1, -0.05) is 30.3 Å². The van der Waals surface area contributed by atoms with Crippen molar-refractivity contribution >= 4 is 11.4 Å². The first-order chi connectivity index (χ1) is 10.2. The van der Waals surface area contributed by atoms with Crippen LogP contribution in [0.2, 0.25) is 0 Å². The molecule has 0 aliphatic heterocycles. The van der Waals surface area contributed by atoms with Gasteiger partial charge in [0.05, 0.1) is 5.56 Å². The van der Waals surface area contributed by atoms with Crippen molar-refractivity contribution in [3.63, 3.8) is 0 Å². The third-order valence-corrected chi connectivity index (χ3v) is 3.64. The highest BCUT2D eigenvalue weighted by molar-refractivity contribution is 6.12. The third kappa shape index (κ3) is 1.96. The van der Waals surface area contributed by atoms with Crippen molar-refractivity contribution in [2.75, 3.05) is 0 Å². The molecule has 1 N–H and O–H groups in total. The van der Waals surface area contributed by atoms with E-state index >= 15 is 0 Å². The standard InChI is InChI=1S/C15H12N4O2/c20-12(9-4-2-1-3-5-9)11-8-16-19-14(11)17-13(10-6-7-10)18-15(19)21/h1-5,8,10,16H,6-7H2. The van der Waals surface area contributed by atoms with Crippen LogP contribution in [0, 0.1) is 0 Å². The van der Waals surface area contributed by atoms with Crippen LogP contribution in [0.15, 0.2) is 41.3 Å². The second-order valence-electron chi connectivity index (χ2n) is 5.18. The van der Waals surface area contributed by atoms with Gasteiger partial charge in [0.2, 0.25) is 0 Å². The maximum Gasteiger partial charge on any atom is 0.370 e. The van der Waals surface area contributed by atoms with Gasteiger partial charge in [-0.25, -0.2) is 9.78 Å². The first kappa shape index (κ1) is 12.0. The Bertz CT molecular complexity index is 891. The van der Waals surface area contributed by atoms with Crippen LogP contribution in [-0.2, 0) is 0 Å². The molecule has 1 aliphatic carbocycles. The Hall–Kier alpha value is -2.76. The fourth-order valence-electron chi connectivity index (χ4n) is 2.35. The van der Waals surface area contributed by atoms with Crippen molar-refractivity contribution in [2.45, 2.75) is 18.8 Å². The van der Waals surface area contributed by atoms with Crippen molar-refractivity contribution in [1.29, 1.82) is 0 Å². The van der Waals surface area contributed by atoms with Gasteiger partial charge in [0.25, 0.3) is 0 Å². The van der Waals surface area contributed by atoms with Gasteiger partial charge in [-0.05, 0) is 12.8 Å². The number of rotatable bonds is 3. The van der Waals surface area contributed by atoms with Crippen molar-refractivity contribution in [3.8, 4) is 0 Å². The third-order valence-electron chi connectivity index (χ3n) is 3.64. The highest BCUT2D eigenvalue weighted by atomic mass is 16.1. The number of hydrogen-bond donors (Lipinski definition) is 1. The molecule has 2 heterocycles. The number of hydrogen-bond acceptors (Lipinski definition) is 4. The van der Waals surface area contributed by atoms with E-state index in [-0.39, 0.29) is 11.7 Å². The van der Waals surface area contributed by atoms with Crippen LogP contribution >= 0.6 is 0 Å². The maximum atomic E-state index is 12.5. The smallest absolute Gasteiger partial charge is 0.295 e. The van der Waals surface area contributed by atoms with Crippen molar-refractivity contribution in [3.05, 3.63) is 64.0 Å². The molecular formula is C15H12N4O2. The van der Waals surface area contributed by atoms with E-state index in [0.717, 1.165) is 12.8 Å². The Kier molecular flexibility index (Phi) is 2.50. The molecule has 0 unspecified atom stereocenters. The van der Waals surface area contributed by atoms with E-state index in [0.29, 0.717) is 22.6 Å². The molecule has 0 amide bonds. The topological polar surface area (TPSA) is 80.1 Å². The van der Waals surface area contributed by atoms with Gasteiger partial charge in [-0.15, -0.1) is 0 Å². The molecule has 0 bridgehead atoms. The number of ketones is 1. The van der Waals surface area contributed by atoms with Crippen LogP contribution in [0.4, 0.5) is 0 Å². The molecule has 3 aromatic rings. The lowest BCUT2D eigenvalue weighted by Crippen LogP contribution is -2.21. The normalized spacial score (nSPS) is 14.5. The Labute approximate surface area is 119 Å². The number of H-pyrrole nitrogens is 1. The number of aromatic amines is 1. The zero-order valence-electron chi connectivity index (χ0n) is 11.1. The first-order valence-electron chi connectivity index (χ1n) is 6.82. The summed E-state index contributed by atoms with van der Waals surface area (Å²) in [4.78, 5) is 32.9. The molecular weight excluding hydrogens is 268 g/mol. The number of carbonyl (C=O) groups excluding carboxylic acids is 1. The molecule has 0 spiro atoms. The van der Waals surface area contributed by atoms with Crippen molar-refractivity contribution in [1.82, 2.24) is 19.6 Å². The van der Waals surface area contributed by atoms with Crippen LogP contribution in [0.1, 0.15) is 40.5 Å². The van der Waals surface area contributed by atoms with Crippen LogP contribution in [0.25, 0.3) is 5.65 Å². The highest BCUT2D eigenvalue weighted by Gasteiger charge is 2.28. The van der Waals surface area contributed by atoms with Gasteiger partial charge in [0.15, 0.2) is 11.4 Å². The molecule has 1 aliphatic rings. The van der Waals surface area contributed by atoms with Gasteiger partial charge in [-0.3, -0.25) is 9.89 Å². The highest BCUT2D eigenvalue weighted by Crippen LogP contribution is 2.37. The SMILES string of the molecule is O=C(c1ccccc1)c1c[nH]n2c(=O)nc(C3CC3)nc12. The monoisotopic (exact) mass is 280 g/mol. The molecule has 104 valence electrons. The molecule has 0 saturated heterocycles. The van der Waals surface area contributed by atoms with Crippen LogP contribution < -0.4 is 5.69 Å². The second kappa shape index (κ2) is 4.37. The van der Waals surface area contributed by atoms with Gasteiger partial charge in [-0.2, -0.15) is 9.50 Å². The fourth-order valence-corrected chi connectivity index (χ4v) is 2.35. The average Bonchev–Trinajstić information content (AvgIpc) is 3.27. The molecule has 0 radical (unpaired) electrons. The average molecular weight is 280 g/mol. The first-order valence-corrected chi connectivity index (χ1v) is 6.82. The predicted octanol–water partition coefficient (Wildman–Crippen LogP) is 1.53. The lowest BCUT2D eigenvalue weighted by atomic mass is 10.1. The summed E-state index contributed by atoms with van der Waals surface area (Å²) in [6, 6.07) is 8.95. The van der Waals surface area contributed by atoms with E-state index in [2.05, 4.69) is 15.1 Å². The van der Waals surface area contributed by atoms with E-state index in [4.69, 9.17) is 0 Å². The number of aromatic nitrogens is 4. The summed E-state index contributed by atoms with van der Waals surface area (Å²) in [5, 5.41) is 2.75. The van der Waals surface area contributed by atoms with Gasteiger partial charge >= 0.3 is 5.69 Å². The van der Waals surface area contributed by atoms with Crippen LogP contribution in [0.5, 0.6) is 0 Å². The Morgan fingerprint density at radius 3 is 2.67 bits per heavy atom. The molecule has 2 aromatic heterocycles. The minimum Gasteiger partial charge on any atom is -0.295 e. The summed E-state index contributed by atoms with van der Waals surface area (Å²) >= 11 is 0. The molecule has 6 heteroatoms. The molecule has 1 saturated carbocycles. The Balaban J connectivity index is 1.89. The minimum atomic E-state index is -0.422. The quantitative estimate of drug-likeness (QED) is 0.738. The van der Waals surface area contributed by atoms with Gasteiger partial charge in [0, 0.05) is 17.7 Å². The van der Waals surface area contributed by atoms with E-state index in [1.165, 1.54) is 10.7 Å². The van der Waals surface area contributed by atoms with E-state index in [1.807, 2.05) is 6.07 Å². The number of nitrogens with one attached hydrogen (secondary N) is 1. The Morgan fingerprint density at radius 1 is 1.19 bits per heavy atom.